The zero-order valence-electron chi connectivity index (χ0n) is 35.7. The van der Waals surface area contributed by atoms with Crippen LogP contribution in [-0.4, -0.2) is 87.8 Å². The number of hydrogen-bond acceptors (Lipinski definition) is 11. The summed E-state index contributed by atoms with van der Waals surface area (Å²) in [5, 5.41) is 13.5. The van der Waals surface area contributed by atoms with Crippen LogP contribution in [0, 0.1) is 28.0 Å². The number of nitrogen functional groups attached to an aromatic ring is 1. The quantitative estimate of drug-likeness (QED) is 0.121. The van der Waals surface area contributed by atoms with Crippen LogP contribution < -0.4 is 35.9 Å². The Labute approximate surface area is 369 Å². The van der Waals surface area contributed by atoms with E-state index in [0.29, 0.717) is 82.2 Å². The van der Waals surface area contributed by atoms with Gasteiger partial charge in [-0.15, -0.1) is 0 Å². The van der Waals surface area contributed by atoms with Crippen LogP contribution in [0.5, 0.6) is 17.2 Å². The van der Waals surface area contributed by atoms with Crippen LogP contribution in [0.3, 0.4) is 0 Å². The highest BCUT2D eigenvalue weighted by Crippen LogP contribution is 2.55. The molecule has 4 N–H and O–H groups in total. The summed E-state index contributed by atoms with van der Waals surface area (Å²) in [5.74, 6) is 0.942. The first kappa shape index (κ1) is 41.7. The summed E-state index contributed by atoms with van der Waals surface area (Å²) in [6.45, 7) is 12.6. The molecule has 324 valence electrons. The number of aromatic amines is 1. The second kappa shape index (κ2) is 15.9. The van der Waals surface area contributed by atoms with Gasteiger partial charge in [0.2, 0.25) is 5.95 Å². The van der Waals surface area contributed by atoms with Crippen molar-refractivity contribution in [2.75, 3.05) is 54.8 Å². The number of benzene rings is 3. The van der Waals surface area contributed by atoms with Crippen LogP contribution in [0.2, 0.25) is 5.02 Å². The lowest BCUT2D eigenvalue weighted by Gasteiger charge is -2.63. The number of aromatic nitrogens is 4. The predicted molar refractivity (Wildman–Crippen MR) is 241 cm³/mol. The number of H-pyrrole nitrogens is 1. The minimum atomic E-state index is -0.450. The maximum Gasteiger partial charge on any atom is 0.274 e. The number of carbonyl (C=O) groups is 1. The van der Waals surface area contributed by atoms with Crippen molar-refractivity contribution in [3.63, 3.8) is 0 Å². The number of nitriles is 1. The number of halogens is 2. The van der Waals surface area contributed by atoms with Crippen molar-refractivity contribution in [1.29, 1.82) is 5.26 Å². The molecular weight excluding hydrogens is 823 g/mol. The molecule has 2 saturated heterocycles. The van der Waals surface area contributed by atoms with Crippen molar-refractivity contribution in [1.82, 2.24) is 29.7 Å². The van der Waals surface area contributed by atoms with Gasteiger partial charge in [-0.2, -0.15) is 5.26 Å². The Morgan fingerprint density at radius 1 is 0.968 bits per heavy atom. The molecule has 6 aromatic rings. The second-order valence-corrected chi connectivity index (χ2v) is 18.2. The van der Waals surface area contributed by atoms with Gasteiger partial charge in [0, 0.05) is 122 Å². The Hall–Kier alpha value is -6.63. The molecule has 3 aliphatic rings. The molecular formula is C47H48ClFN10O4. The van der Waals surface area contributed by atoms with Crippen LogP contribution in [0.1, 0.15) is 43.6 Å². The summed E-state index contributed by atoms with van der Waals surface area (Å²) in [6, 6.07) is 19.4. The number of ether oxygens (including phenoxy) is 2. The number of aryl methyl sites for hydroxylation is 1. The number of hydrogen-bond donors (Lipinski definition) is 3. The Kier molecular flexibility index (Phi) is 10.5. The number of nitrogens with two attached hydrogens (primary N) is 1. The summed E-state index contributed by atoms with van der Waals surface area (Å²) >= 11 is 6.25. The first-order chi connectivity index (χ1) is 30.1. The number of carbonyl (C=O) groups excluding carboxylic acids is 1. The van der Waals surface area contributed by atoms with Crippen LogP contribution in [-0.2, 0) is 7.05 Å². The maximum absolute atomic E-state index is 16.2. The van der Waals surface area contributed by atoms with Crippen LogP contribution in [0.4, 0.5) is 21.7 Å². The molecule has 63 heavy (non-hydrogen) atoms. The van der Waals surface area contributed by atoms with E-state index in [2.05, 4.69) is 63.8 Å². The lowest BCUT2D eigenvalue weighted by Crippen LogP contribution is -2.74. The SMILES string of the molecule is Cn1cc(-c2cc(N)ccc2Oc2cccc(N3CC(N4CCN(c5ncc(C(=O)NC6C(C)(C)C(Oc7ccc(C#N)c(Cl)c7)C6(C)C)cn5)CC4)C3)c2F)c2cc[nH]c2c1=O. The summed E-state index contributed by atoms with van der Waals surface area (Å²) in [4.78, 5) is 44.9. The van der Waals surface area contributed by atoms with Crippen molar-refractivity contribution in [2.24, 2.45) is 17.9 Å². The molecule has 5 heterocycles. The van der Waals surface area contributed by atoms with Gasteiger partial charge >= 0.3 is 0 Å². The zero-order chi connectivity index (χ0) is 44.4. The van der Waals surface area contributed by atoms with Gasteiger partial charge in [0.05, 0.1) is 21.8 Å². The van der Waals surface area contributed by atoms with Gasteiger partial charge in [-0.3, -0.25) is 14.5 Å². The maximum atomic E-state index is 16.2. The Morgan fingerprint density at radius 3 is 2.40 bits per heavy atom. The number of rotatable bonds is 10. The van der Waals surface area contributed by atoms with Gasteiger partial charge in [-0.05, 0) is 48.5 Å². The topological polar surface area (TPSA) is 171 Å². The predicted octanol–water partition coefficient (Wildman–Crippen LogP) is 6.99. The molecule has 3 fully saturated rings. The van der Waals surface area contributed by atoms with Gasteiger partial charge < -0.3 is 39.9 Å². The van der Waals surface area contributed by atoms with Gasteiger partial charge in [0.1, 0.15) is 29.2 Å². The first-order valence-electron chi connectivity index (χ1n) is 20.9. The van der Waals surface area contributed by atoms with Gasteiger partial charge in [0.25, 0.3) is 11.5 Å². The highest BCUT2D eigenvalue weighted by atomic mass is 35.5. The molecule has 1 saturated carbocycles. The molecule has 14 nitrogen and oxygen atoms in total. The number of fused-ring (bicyclic) bond motifs is 1. The smallest absolute Gasteiger partial charge is 0.274 e. The number of piperazine rings is 1. The number of nitrogens with one attached hydrogen (secondary N) is 2. The highest BCUT2D eigenvalue weighted by molar-refractivity contribution is 6.31. The fourth-order valence-electron chi connectivity index (χ4n) is 9.85. The van der Waals surface area contributed by atoms with E-state index in [1.165, 1.54) is 4.57 Å². The monoisotopic (exact) mass is 870 g/mol. The average molecular weight is 871 g/mol. The van der Waals surface area contributed by atoms with E-state index in [-0.39, 0.29) is 35.4 Å². The molecule has 0 bridgehead atoms. The molecule has 0 unspecified atom stereocenters. The van der Waals surface area contributed by atoms with E-state index in [0.717, 1.165) is 24.0 Å². The second-order valence-electron chi connectivity index (χ2n) is 17.8. The average Bonchev–Trinajstić information content (AvgIpc) is 3.75. The molecule has 9 rings (SSSR count). The van der Waals surface area contributed by atoms with Crippen molar-refractivity contribution in [3.8, 4) is 34.4 Å². The number of pyridine rings is 1. The molecule has 1 amide bonds. The fraction of sp³-hybridized carbons (Fsp3) is 0.340. The van der Waals surface area contributed by atoms with E-state index in [1.54, 1.807) is 86.4 Å². The van der Waals surface area contributed by atoms with E-state index in [4.69, 9.17) is 26.8 Å². The minimum Gasteiger partial charge on any atom is -0.489 e. The Balaban J connectivity index is 0.786. The number of nitrogens with zero attached hydrogens (tertiary/aromatic N) is 7. The molecule has 1 aliphatic carbocycles. The Morgan fingerprint density at radius 2 is 1.70 bits per heavy atom. The van der Waals surface area contributed by atoms with Crippen molar-refractivity contribution in [2.45, 2.75) is 45.9 Å². The van der Waals surface area contributed by atoms with Crippen LogP contribution >= 0.6 is 11.6 Å². The number of anilines is 3. The number of amides is 1. The van der Waals surface area contributed by atoms with E-state index in [9.17, 15) is 14.9 Å². The largest absolute Gasteiger partial charge is 0.489 e. The molecule has 16 heteroatoms. The fourth-order valence-corrected chi connectivity index (χ4v) is 10.1. The molecule has 0 radical (unpaired) electrons. The lowest BCUT2D eigenvalue weighted by atomic mass is 9.49. The summed E-state index contributed by atoms with van der Waals surface area (Å²) in [6.07, 6.45) is 6.38. The summed E-state index contributed by atoms with van der Waals surface area (Å²) in [5.41, 5.74) is 8.81. The third-order valence-corrected chi connectivity index (χ3v) is 13.3. The van der Waals surface area contributed by atoms with E-state index >= 15 is 4.39 Å². The molecule has 3 aromatic heterocycles. The van der Waals surface area contributed by atoms with Crippen molar-refractivity contribution < 1.29 is 18.7 Å². The standard InChI is InChI=1S/C47H48ClFN10O4/c1-46(2)43(47(3,4)44(46)62-31-11-9-27(21-50)35(48)20-31)55-41(60)28-22-53-45(54-23-28)58-17-15-57(16-18-58)30-24-59(25-30)36-7-6-8-38(39(36)49)63-37-12-10-29(51)19-33(37)34-26-56(5)42(61)40-32(34)13-14-52-40/h6-14,19-20,22-23,26,30,43-44,52H,15-18,24-25,51H2,1-5H3,(H,55,60). The zero-order valence-corrected chi connectivity index (χ0v) is 36.4. The minimum absolute atomic E-state index is 0.0929. The highest BCUT2D eigenvalue weighted by Gasteiger charge is 2.64. The van der Waals surface area contributed by atoms with Crippen molar-refractivity contribution in [3.05, 3.63) is 118 Å². The molecule has 0 spiro atoms. The lowest BCUT2D eigenvalue weighted by molar-refractivity contribution is -0.164. The Bertz CT molecular complexity index is 2820. The van der Waals surface area contributed by atoms with Crippen molar-refractivity contribution >= 4 is 45.7 Å². The normalized spacial score (nSPS) is 19.5. The van der Waals surface area contributed by atoms with Crippen LogP contribution in [0.15, 0.2) is 90.2 Å². The summed E-state index contributed by atoms with van der Waals surface area (Å²) in [7, 11) is 1.68. The first-order valence-corrected chi connectivity index (χ1v) is 21.3. The van der Waals surface area contributed by atoms with Gasteiger partial charge in [0.15, 0.2) is 11.6 Å². The molecule has 2 aliphatic heterocycles. The molecule has 3 aromatic carbocycles. The van der Waals surface area contributed by atoms with Crippen LogP contribution in [0.25, 0.3) is 22.0 Å². The summed E-state index contributed by atoms with van der Waals surface area (Å²) < 4.78 is 30.3. The third-order valence-electron chi connectivity index (χ3n) is 13.0. The molecule has 0 atom stereocenters. The van der Waals surface area contributed by atoms with Gasteiger partial charge in [-0.25, -0.2) is 14.4 Å². The van der Waals surface area contributed by atoms with Gasteiger partial charge in [-0.1, -0.05) is 45.4 Å². The van der Waals surface area contributed by atoms with E-state index < -0.39 is 16.6 Å². The third kappa shape index (κ3) is 7.46. The van der Waals surface area contributed by atoms with E-state index in [1.807, 2.05) is 11.0 Å².